The number of nitrogens with zero attached hydrogens (tertiary/aromatic N) is 2. The first kappa shape index (κ1) is 21.4. The highest BCUT2D eigenvalue weighted by atomic mass is 16.5. The Morgan fingerprint density at radius 2 is 2.03 bits per heavy atom. The number of imidazole rings is 1. The predicted octanol–water partition coefficient (Wildman–Crippen LogP) is 5.01. The van der Waals surface area contributed by atoms with Crippen molar-refractivity contribution in [1.29, 1.82) is 0 Å². The average Bonchev–Trinajstić information content (AvgIpc) is 3.54. The van der Waals surface area contributed by atoms with Gasteiger partial charge in [0.25, 0.3) is 0 Å². The molecule has 1 N–H and O–H groups in total. The number of hydrogen-bond acceptors (Lipinski definition) is 3. The summed E-state index contributed by atoms with van der Waals surface area (Å²) in [5.41, 5.74) is 4.60. The number of para-hydroxylation sites is 2. The molecule has 0 atom stereocenters. The maximum absolute atomic E-state index is 11.9. The molecule has 4 rings (SSSR count). The van der Waals surface area contributed by atoms with Crippen LogP contribution in [0.2, 0.25) is 0 Å². The Morgan fingerprint density at radius 1 is 1.23 bits per heavy atom. The van der Waals surface area contributed by atoms with Gasteiger partial charge in [0.05, 0.1) is 17.6 Å². The monoisotopic (exact) mass is 419 g/mol. The summed E-state index contributed by atoms with van der Waals surface area (Å²) >= 11 is 0. The molecular weight excluding hydrogens is 386 g/mol. The molecule has 0 aliphatic heterocycles. The number of carbonyl (C=O) groups is 1. The Bertz CT molecular complexity index is 1050. The summed E-state index contributed by atoms with van der Waals surface area (Å²) in [6.07, 6.45) is 3.81. The molecule has 164 valence electrons. The van der Waals surface area contributed by atoms with Gasteiger partial charge in [-0.1, -0.05) is 38.1 Å². The van der Waals surface area contributed by atoms with E-state index < -0.39 is 0 Å². The topological polar surface area (TPSA) is 56.1 Å². The van der Waals surface area contributed by atoms with Crippen molar-refractivity contribution in [3.05, 3.63) is 59.4 Å². The Kier molecular flexibility index (Phi) is 6.59. The zero-order valence-corrected chi connectivity index (χ0v) is 18.9. The number of aryl methyl sites for hydroxylation is 2. The molecule has 1 fully saturated rings. The minimum atomic E-state index is 0.209. The van der Waals surface area contributed by atoms with Crippen LogP contribution in [0.1, 0.15) is 56.0 Å². The van der Waals surface area contributed by atoms with Crippen LogP contribution in [0.3, 0.4) is 0 Å². The highest BCUT2D eigenvalue weighted by Gasteiger charge is 2.29. The van der Waals surface area contributed by atoms with Crippen LogP contribution in [0.5, 0.6) is 5.75 Å². The molecule has 2 aromatic carbocycles. The van der Waals surface area contributed by atoms with E-state index in [4.69, 9.17) is 9.72 Å². The van der Waals surface area contributed by atoms with Gasteiger partial charge < -0.3 is 14.6 Å². The van der Waals surface area contributed by atoms with Crippen molar-refractivity contribution >= 4 is 16.9 Å². The smallest absolute Gasteiger partial charge is 0.223 e. The minimum Gasteiger partial charge on any atom is -0.491 e. The van der Waals surface area contributed by atoms with Gasteiger partial charge in [0.15, 0.2) is 0 Å². The average molecular weight is 420 g/mol. The molecule has 3 aromatic rings. The van der Waals surface area contributed by atoms with E-state index in [1.165, 1.54) is 11.1 Å². The Balaban J connectivity index is 1.42. The molecule has 0 unspecified atom stereocenters. The van der Waals surface area contributed by atoms with E-state index in [1.54, 1.807) is 0 Å². The predicted molar refractivity (Wildman–Crippen MR) is 125 cm³/mol. The molecule has 0 spiro atoms. The van der Waals surface area contributed by atoms with Crippen molar-refractivity contribution in [2.75, 3.05) is 13.2 Å². The maximum Gasteiger partial charge on any atom is 0.223 e. The third-order valence-electron chi connectivity index (χ3n) is 5.92. The lowest BCUT2D eigenvalue weighted by Gasteiger charge is -2.16. The molecule has 1 amide bonds. The summed E-state index contributed by atoms with van der Waals surface area (Å²) < 4.78 is 8.51. The number of aromatic nitrogens is 2. The van der Waals surface area contributed by atoms with Gasteiger partial charge in [0, 0.05) is 18.9 Å². The molecule has 1 aliphatic carbocycles. The third-order valence-corrected chi connectivity index (χ3v) is 5.92. The Hall–Kier alpha value is -2.82. The zero-order valence-electron chi connectivity index (χ0n) is 18.9. The SMILES string of the molecule is Cc1ccc(C(C)C)c(OCCn2c(CCCNC(=O)C3CC3)nc3ccccc32)c1. The number of carbonyl (C=O) groups excluding carboxylic acids is 1. The number of hydrogen-bond donors (Lipinski definition) is 1. The number of nitrogens with one attached hydrogen (secondary N) is 1. The molecule has 5 heteroatoms. The molecule has 0 saturated heterocycles. The first-order valence-corrected chi connectivity index (χ1v) is 11.5. The van der Waals surface area contributed by atoms with Crippen LogP contribution in [-0.4, -0.2) is 28.6 Å². The lowest BCUT2D eigenvalue weighted by Crippen LogP contribution is -2.26. The van der Waals surface area contributed by atoms with Crippen molar-refractivity contribution in [2.24, 2.45) is 5.92 Å². The van der Waals surface area contributed by atoms with Crippen LogP contribution in [0, 0.1) is 12.8 Å². The van der Waals surface area contributed by atoms with E-state index in [0.29, 0.717) is 19.1 Å². The van der Waals surface area contributed by atoms with Gasteiger partial charge in [-0.25, -0.2) is 4.98 Å². The molecule has 0 radical (unpaired) electrons. The summed E-state index contributed by atoms with van der Waals surface area (Å²) in [7, 11) is 0. The van der Waals surface area contributed by atoms with Crippen molar-refractivity contribution in [2.45, 2.75) is 58.9 Å². The molecule has 5 nitrogen and oxygen atoms in total. The van der Waals surface area contributed by atoms with E-state index in [9.17, 15) is 4.79 Å². The maximum atomic E-state index is 11.9. The lowest BCUT2D eigenvalue weighted by atomic mass is 10.0. The normalized spacial score (nSPS) is 13.7. The summed E-state index contributed by atoms with van der Waals surface area (Å²) in [4.78, 5) is 16.7. The molecular formula is C26H33N3O2. The van der Waals surface area contributed by atoms with Gasteiger partial charge in [-0.2, -0.15) is 0 Å². The fraction of sp³-hybridized carbons (Fsp3) is 0.462. The fourth-order valence-corrected chi connectivity index (χ4v) is 4.00. The molecule has 0 bridgehead atoms. The van der Waals surface area contributed by atoms with E-state index in [1.807, 2.05) is 6.07 Å². The Morgan fingerprint density at radius 3 is 2.81 bits per heavy atom. The van der Waals surface area contributed by atoms with Crippen molar-refractivity contribution in [1.82, 2.24) is 14.9 Å². The first-order chi connectivity index (χ1) is 15.0. The van der Waals surface area contributed by atoms with Crippen molar-refractivity contribution in [3.63, 3.8) is 0 Å². The molecule has 1 heterocycles. The number of benzene rings is 2. The van der Waals surface area contributed by atoms with Crippen LogP contribution in [0.25, 0.3) is 11.0 Å². The summed E-state index contributed by atoms with van der Waals surface area (Å²) in [6.45, 7) is 8.53. The van der Waals surface area contributed by atoms with Crippen LogP contribution < -0.4 is 10.1 Å². The number of ether oxygens (including phenoxy) is 1. The molecule has 1 aromatic heterocycles. The molecule has 31 heavy (non-hydrogen) atoms. The van der Waals surface area contributed by atoms with Gasteiger partial charge in [0.1, 0.15) is 18.2 Å². The summed E-state index contributed by atoms with van der Waals surface area (Å²) in [5, 5.41) is 3.05. The van der Waals surface area contributed by atoms with Gasteiger partial charge in [-0.05, 0) is 61.4 Å². The fourth-order valence-electron chi connectivity index (χ4n) is 4.00. The highest BCUT2D eigenvalue weighted by Crippen LogP contribution is 2.29. The first-order valence-electron chi connectivity index (χ1n) is 11.5. The number of amides is 1. The van der Waals surface area contributed by atoms with Crippen LogP contribution >= 0.6 is 0 Å². The standard InChI is InChI=1S/C26H33N3O2/c1-18(2)21-13-10-19(3)17-24(21)31-16-15-29-23-8-5-4-7-22(23)28-25(29)9-6-14-27-26(30)20-11-12-20/h4-5,7-8,10,13,17-18,20H,6,9,11-12,14-16H2,1-3H3,(H,27,30). The highest BCUT2D eigenvalue weighted by molar-refractivity contribution is 5.80. The minimum absolute atomic E-state index is 0.209. The van der Waals surface area contributed by atoms with Crippen molar-refractivity contribution < 1.29 is 9.53 Å². The summed E-state index contributed by atoms with van der Waals surface area (Å²) in [6, 6.07) is 14.7. The van der Waals surface area contributed by atoms with E-state index in [2.05, 4.69) is 67.1 Å². The Labute approximate surface area is 184 Å². The second kappa shape index (κ2) is 9.54. The van der Waals surface area contributed by atoms with E-state index in [0.717, 1.165) is 54.8 Å². The molecule has 1 saturated carbocycles. The second-order valence-corrected chi connectivity index (χ2v) is 8.88. The van der Waals surface area contributed by atoms with Crippen LogP contribution in [0.15, 0.2) is 42.5 Å². The van der Waals surface area contributed by atoms with Gasteiger partial charge >= 0.3 is 0 Å². The van der Waals surface area contributed by atoms with Crippen LogP contribution in [0.4, 0.5) is 0 Å². The van der Waals surface area contributed by atoms with Gasteiger partial charge in [-0.15, -0.1) is 0 Å². The summed E-state index contributed by atoms with van der Waals surface area (Å²) in [5.74, 6) is 2.92. The van der Waals surface area contributed by atoms with Gasteiger partial charge in [-0.3, -0.25) is 4.79 Å². The molecule has 1 aliphatic rings. The number of rotatable bonds is 10. The van der Waals surface area contributed by atoms with E-state index in [-0.39, 0.29) is 11.8 Å². The largest absolute Gasteiger partial charge is 0.491 e. The number of fused-ring (bicyclic) bond motifs is 1. The van der Waals surface area contributed by atoms with E-state index >= 15 is 0 Å². The third kappa shape index (κ3) is 5.27. The lowest BCUT2D eigenvalue weighted by molar-refractivity contribution is -0.122. The quantitative estimate of drug-likeness (QED) is 0.470. The van der Waals surface area contributed by atoms with Crippen LogP contribution in [-0.2, 0) is 17.8 Å². The second-order valence-electron chi connectivity index (χ2n) is 8.88. The van der Waals surface area contributed by atoms with Crippen molar-refractivity contribution in [3.8, 4) is 5.75 Å². The van der Waals surface area contributed by atoms with Gasteiger partial charge in [0.2, 0.25) is 5.91 Å². The zero-order chi connectivity index (χ0) is 21.8.